The number of aromatic nitrogens is 2. The second-order valence-corrected chi connectivity index (χ2v) is 7.74. The number of rotatable bonds is 7. The van der Waals surface area contributed by atoms with Crippen LogP contribution in [0.1, 0.15) is 34.5 Å². The van der Waals surface area contributed by atoms with Gasteiger partial charge in [-0.2, -0.15) is 5.10 Å². The molecular weight excluding hydrogens is 402 g/mol. The third-order valence-corrected chi connectivity index (χ3v) is 5.38. The van der Waals surface area contributed by atoms with E-state index in [-0.39, 0.29) is 12.0 Å². The molecule has 1 aliphatic rings. The molecule has 1 N–H and O–H groups in total. The van der Waals surface area contributed by atoms with Gasteiger partial charge in [-0.25, -0.2) is 4.68 Å². The van der Waals surface area contributed by atoms with Crippen molar-refractivity contribution >= 4 is 17.5 Å². The highest BCUT2D eigenvalue weighted by Gasteiger charge is 2.17. The number of carbonyl (C=O) groups excluding carboxylic acids is 1. The summed E-state index contributed by atoms with van der Waals surface area (Å²) < 4.78 is 13.1. The minimum absolute atomic E-state index is 0.167. The van der Waals surface area contributed by atoms with Crippen LogP contribution in [-0.2, 0) is 11.3 Å². The number of amides is 1. The van der Waals surface area contributed by atoms with Crippen LogP contribution in [0.5, 0.6) is 5.75 Å². The zero-order chi connectivity index (χ0) is 20.9. The highest BCUT2D eigenvalue weighted by atomic mass is 35.5. The van der Waals surface area contributed by atoms with E-state index in [1.807, 2.05) is 49.4 Å². The number of nitrogens with one attached hydrogen (secondary N) is 1. The van der Waals surface area contributed by atoms with Gasteiger partial charge < -0.3 is 14.8 Å². The Morgan fingerprint density at radius 2 is 2.13 bits per heavy atom. The number of benzene rings is 2. The monoisotopic (exact) mass is 425 g/mol. The van der Waals surface area contributed by atoms with Gasteiger partial charge in [0.1, 0.15) is 12.4 Å². The molecule has 1 saturated heterocycles. The van der Waals surface area contributed by atoms with Crippen molar-refractivity contribution in [1.29, 1.82) is 0 Å². The maximum Gasteiger partial charge on any atom is 0.255 e. The minimum Gasteiger partial charge on any atom is -0.491 e. The summed E-state index contributed by atoms with van der Waals surface area (Å²) in [5, 5.41) is 7.91. The van der Waals surface area contributed by atoms with Crippen LogP contribution in [0.2, 0.25) is 5.02 Å². The lowest BCUT2D eigenvalue weighted by atomic mass is 10.2. The Morgan fingerprint density at radius 3 is 2.87 bits per heavy atom. The molecule has 0 radical (unpaired) electrons. The van der Waals surface area contributed by atoms with Gasteiger partial charge in [0.2, 0.25) is 0 Å². The Kier molecular flexibility index (Phi) is 6.35. The first kappa shape index (κ1) is 20.4. The number of halogens is 1. The highest BCUT2D eigenvalue weighted by molar-refractivity contribution is 6.30. The largest absolute Gasteiger partial charge is 0.491 e. The third kappa shape index (κ3) is 4.83. The molecule has 2 heterocycles. The van der Waals surface area contributed by atoms with Crippen LogP contribution in [0.3, 0.4) is 0 Å². The number of hydrogen-bond acceptors (Lipinski definition) is 4. The SMILES string of the molecule is Cc1c(C(=O)NCc2ccc(OCC3CCCO3)cc2)cnn1-c1cccc(Cl)c1. The van der Waals surface area contributed by atoms with Gasteiger partial charge in [-0.15, -0.1) is 0 Å². The normalized spacial score (nSPS) is 15.9. The van der Waals surface area contributed by atoms with Crippen molar-refractivity contribution in [2.24, 2.45) is 0 Å². The molecule has 1 aliphatic heterocycles. The number of carbonyl (C=O) groups is 1. The standard InChI is InChI=1S/C23H24ClN3O3/c1-16-22(14-26-27(16)19-5-2-4-18(24)12-19)23(28)25-13-17-7-9-20(10-8-17)30-15-21-6-3-11-29-21/h2,4-5,7-10,12,14,21H,3,6,11,13,15H2,1H3,(H,25,28). The van der Waals surface area contributed by atoms with E-state index in [1.165, 1.54) is 0 Å². The molecule has 2 aromatic carbocycles. The Hall–Kier alpha value is -2.83. The van der Waals surface area contributed by atoms with Crippen molar-refractivity contribution in [3.05, 3.63) is 76.6 Å². The van der Waals surface area contributed by atoms with Crippen LogP contribution in [-0.4, -0.2) is 35.0 Å². The quantitative estimate of drug-likeness (QED) is 0.612. The summed E-state index contributed by atoms with van der Waals surface area (Å²) in [7, 11) is 0. The fourth-order valence-electron chi connectivity index (χ4n) is 3.45. The minimum atomic E-state index is -0.167. The van der Waals surface area contributed by atoms with Crippen LogP contribution < -0.4 is 10.1 Å². The summed E-state index contributed by atoms with van der Waals surface area (Å²) in [5.41, 5.74) is 3.10. The summed E-state index contributed by atoms with van der Waals surface area (Å²) in [4.78, 5) is 12.6. The maximum atomic E-state index is 12.6. The molecule has 0 saturated carbocycles. The molecular formula is C23H24ClN3O3. The van der Waals surface area contributed by atoms with Gasteiger partial charge >= 0.3 is 0 Å². The van der Waals surface area contributed by atoms with Gasteiger partial charge in [-0.3, -0.25) is 4.79 Å². The van der Waals surface area contributed by atoms with Gasteiger partial charge in [0.25, 0.3) is 5.91 Å². The second-order valence-electron chi connectivity index (χ2n) is 7.31. The lowest BCUT2D eigenvalue weighted by Crippen LogP contribution is -2.23. The average Bonchev–Trinajstić information content (AvgIpc) is 3.41. The van der Waals surface area contributed by atoms with Crippen molar-refractivity contribution in [3.63, 3.8) is 0 Å². The first-order valence-corrected chi connectivity index (χ1v) is 10.4. The fraction of sp³-hybridized carbons (Fsp3) is 0.304. The zero-order valence-corrected chi connectivity index (χ0v) is 17.6. The Labute approximate surface area is 180 Å². The van der Waals surface area contributed by atoms with Crippen molar-refractivity contribution in [2.75, 3.05) is 13.2 Å². The first-order valence-electron chi connectivity index (χ1n) is 10.0. The van der Waals surface area contributed by atoms with Gasteiger partial charge in [0.05, 0.1) is 29.2 Å². The molecule has 1 aromatic heterocycles. The van der Waals surface area contributed by atoms with Crippen LogP contribution in [0, 0.1) is 6.92 Å². The molecule has 1 amide bonds. The Balaban J connectivity index is 1.33. The van der Waals surface area contributed by atoms with Gasteiger partial charge in [0, 0.05) is 18.2 Å². The smallest absolute Gasteiger partial charge is 0.255 e. The number of nitrogens with zero attached hydrogens (tertiary/aromatic N) is 2. The van der Waals surface area contributed by atoms with Crippen molar-refractivity contribution < 1.29 is 14.3 Å². The summed E-state index contributed by atoms with van der Waals surface area (Å²) in [6.45, 7) is 3.69. The van der Waals surface area contributed by atoms with Crippen molar-refractivity contribution in [3.8, 4) is 11.4 Å². The summed E-state index contributed by atoms with van der Waals surface area (Å²) in [6, 6.07) is 15.1. The molecule has 1 fully saturated rings. The van der Waals surface area contributed by atoms with Crippen molar-refractivity contribution in [1.82, 2.24) is 15.1 Å². The second kappa shape index (κ2) is 9.32. The number of hydrogen-bond donors (Lipinski definition) is 1. The van der Waals surface area contributed by atoms with E-state index in [9.17, 15) is 4.79 Å². The van der Waals surface area contributed by atoms with Gasteiger partial charge in [-0.05, 0) is 55.7 Å². The van der Waals surface area contributed by atoms with Gasteiger partial charge in [0.15, 0.2) is 0 Å². The Bertz CT molecular complexity index is 1010. The van der Waals surface area contributed by atoms with Crippen molar-refractivity contribution in [2.45, 2.75) is 32.4 Å². The average molecular weight is 426 g/mol. The summed E-state index contributed by atoms with van der Waals surface area (Å²) in [5.74, 6) is 0.638. The maximum absolute atomic E-state index is 12.6. The van der Waals surface area contributed by atoms with Crippen LogP contribution in [0.4, 0.5) is 0 Å². The molecule has 0 bridgehead atoms. The van der Waals surface area contributed by atoms with E-state index >= 15 is 0 Å². The molecule has 1 unspecified atom stereocenters. The van der Waals surface area contributed by atoms with E-state index in [4.69, 9.17) is 21.1 Å². The van der Waals surface area contributed by atoms with E-state index < -0.39 is 0 Å². The predicted octanol–water partition coefficient (Wildman–Crippen LogP) is 4.32. The molecule has 7 heteroatoms. The topological polar surface area (TPSA) is 65.4 Å². The van der Waals surface area contributed by atoms with E-state index in [1.54, 1.807) is 16.9 Å². The molecule has 1 atom stereocenters. The van der Waals surface area contributed by atoms with E-state index in [0.717, 1.165) is 42.1 Å². The summed E-state index contributed by atoms with van der Waals surface area (Å²) in [6.07, 6.45) is 3.93. The first-order chi connectivity index (χ1) is 14.6. The molecule has 30 heavy (non-hydrogen) atoms. The third-order valence-electron chi connectivity index (χ3n) is 5.14. The molecule has 156 valence electrons. The van der Waals surface area contributed by atoms with E-state index in [2.05, 4.69) is 10.4 Å². The van der Waals surface area contributed by atoms with Gasteiger partial charge in [-0.1, -0.05) is 29.8 Å². The molecule has 6 nitrogen and oxygen atoms in total. The lowest BCUT2D eigenvalue weighted by Gasteiger charge is -2.12. The Morgan fingerprint density at radius 1 is 1.30 bits per heavy atom. The predicted molar refractivity (Wildman–Crippen MR) is 115 cm³/mol. The fourth-order valence-corrected chi connectivity index (χ4v) is 3.63. The van der Waals surface area contributed by atoms with Crippen LogP contribution >= 0.6 is 11.6 Å². The van der Waals surface area contributed by atoms with Crippen LogP contribution in [0.15, 0.2) is 54.7 Å². The molecule has 0 aliphatic carbocycles. The number of ether oxygens (including phenoxy) is 2. The lowest BCUT2D eigenvalue weighted by molar-refractivity contribution is 0.0679. The molecule has 3 aromatic rings. The zero-order valence-electron chi connectivity index (χ0n) is 16.8. The summed E-state index contributed by atoms with van der Waals surface area (Å²) >= 11 is 6.06. The van der Waals surface area contributed by atoms with Crippen LogP contribution in [0.25, 0.3) is 5.69 Å². The molecule has 0 spiro atoms. The highest BCUT2D eigenvalue weighted by Crippen LogP contribution is 2.19. The van der Waals surface area contributed by atoms with E-state index in [0.29, 0.717) is 23.7 Å². The molecule has 4 rings (SSSR count).